The Morgan fingerprint density at radius 1 is 0.583 bits per heavy atom. The maximum Gasteiger partial charge on any atom is 0.325 e. The summed E-state index contributed by atoms with van der Waals surface area (Å²) >= 11 is 12.0. The fourth-order valence-corrected chi connectivity index (χ4v) is 4.20. The minimum absolute atomic E-state index is 0.235. The molecule has 48 heavy (non-hydrogen) atoms. The fourth-order valence-electron chi connectivity index (χ4n) is 3.83. The molecule has 0 radical (unpaired) electrons. The topological polar surface area (TPSA) is 198 Å². The second-order valence-electron chi connectivity index (χ2n) is 9.90. The van der Waals surface area contributed by atoms with Crippen molar-refractivity contribution < 1.29 is 39.0 Å². The maximum absolute atomic E-state index is 12.7. The average Bonchev–Trinajstić information content (AvgIpc) is 3.05. The summed E-state index contributed by atoms with van der Waals surface area (Å²) < 4.78 is 0. The molecule has 250 valence electrons. The Hall–Kier alpha value is -5.60. The van der Waals surface area contributed by atoms with Gasteiger partial charge in [0.25, 0.3) is 0 Å². The standard InChI is InChI=1S/C32H30Cl2N6O8/c33-23-5-1-3-7-25(23)37-27(41)13-15-29(43)39(19-31(45)46)35-17-21-9-11-22(12-10-21)18-36-40(20-32(47)48)30(44)16-14-28(42)38-26-8-4-2-6-24(26)34/h1-12,17-18H,13-16,19-20H2,(H,37,41)(H,38,42)(H,45,46)(H,47,48)/b35-17+,36-18+. The number of carbonyl (C=O) groups excluding carboxylic acids is 4. The van der Waals surface area contributed by atoms with Crippen LogP contribution in [0.2, 0.25) is 10.0 Å². The van der Waals surface area contributed by atoms with Gasteiger partial charge in [-0.1, -0.05) is 71.7 Å². The minimum atomic E-state index is -1.31. The third-order valence-electron chi connectivity index (χ3n) is 6.20. The number of amides is 4. The molecule has 16 heteroatoms. The molecule has 0 aliphatic rings. The van der Waals surface area contributed by atoms with E-state index in [2.05, 4.69) is 20.8 Å². The number of nitrogens with zero attached hydrogens (tertiary/aromatic N) is 4. The molecule has 14 nitrogen and oxygen atoms in total. The molecule has 0 saturated carbocycles. The number of anilines is 2. The van der Waals surface area contributed by atoms with Crippen molar-refractivity contribution in [1.29, 1.82) is 0 Å². The smallest absolute Gasteiger partial charge is 0.325 e. The molecule has 3 aromatic rings. The van der Waals surface area contributed by atoms with E-state index in [1.807, 2.05) is 0 Å². The van der Waals surface area contributed by atoms with E-state index in [0.717, 1.165) is 10.0 Å². The summed E-state index contributed by atoms with van der Waals surface area (Å²) in [6, 6.07) is 19.4. The van der Waals surface area contributed by atoms with Gasteiger partial charge in [0, 0.05) is 25.7 Å². The number of hydrazone groups is 2. The van der Waals surface area contributed by atoms with Crippen molar-refractivity contribution in [2.45, 2.75) is 25.7 Å². The van der Waals surface area contributed by atoms with Crippen LogP contribution in [-0.2, 0) is 28.8 Å². The lowest BCUT2D eigenvalue weighted by molar-refractivity contribution is -0.144. The minimum Gasteiger partial charge on any atom is -0.480 e. The van der Waals surface area contributed by atoms with Gasteiger partial charge in [-0.25, -0.2) is 10.0 Å². The molecule has 0 aliphatic carbocycles. The Bertz CT molecular complexity index is 1590. The first-order chi connectivity index (χ1) is 22.9. The van der Waals surface area contributed by atoms with Gasteiger partial charge >= 0.3 is 11.9 Å². The van der Waals surface area contributed by atoms with Crippen molar-refractivity contribution in [2.24, 2.45) is 10.2 Å². The van der Waals surface area contributed by atoms with E-state index in [1.165, 1.54) is 12.4 Å². The zero-order valence-electron chi connectivity index (χ0n) is 25.2. The number of hydrogen-bond acceptors (Lipinski definition) is 8. The predicted molar refractivity (Wildman–Crippen MR) is 179 cm³/mol. The van der Waals surface area contributed by atoms with Crippen LogP contribution >= 0.6 is 23.2 Å². The summed E-state index contributed by atoms with van der Waals surface area (Å²) in [7, 11) is 0. The lowest BCUT2D eigenvalue weighted by Crippen LogP contribution is -2.32. The molecular formula is C32H30Cl2N6O8. The quantitative estimate of drug-likeness (QED) is 0.125. The van der Waals surface area contributed by atoms with Crippen LogP contribution in [0, 0.1) is 0 Å². The van der Waals surface area contributed by atoms with Crippen LogP contribution in [0.5, 0.6) is 0 Å². The third-order valence-corrected chi connectivity index (χ3v) is 6.86. The highest BCUT2D eigenvalue weighted by atomic mass is 35.5. The second-order valence-corrected chi connectivity index (χ2v) is 10.7. The normalized spacial score (nSPS) is 10.9. The largest absolute Gasteiger partial charge is 0.480 e. The first-order valence-electron chi connectivity index (χ1n) is 14.2. The Kier molecular flexibility index (Phi) is 14.2. The van der Waals surface area contributed by atoms with Crippen LogP contribution in [0.4, 0.5) is 11.4 Å². The van der Waals surface area contributed by atoms with Gasteiger partial charge in [0.2, 0.25) is 23.6 Å². The van der Waals surface area contributed by atoms with Gasteiger partial charge < -0.3 is 20.8 Å². The van der Waals surface area contributed by atoms with Crippen molar-refractivity contribution in [2.75, 3.05) is 23.7 Å². The number of nitrogens with one attached hydrogen (secondary N) is 2. The molecule has 0 atom stereocenters. The van der Waals surface area contributed by atoms with Gasteiger partial charge in [-0.2, -0.15) is 10.2 Å². The van der Waals surface area contributed by atoms with Crippen molar-refractivity contribution in [3.05, 3.63) is 94.0 Å². The van der Waals surface area contributed by atoms with Crippen LogP contribution in [0.15, 0.2) is 83.0 Å². The first-order valence-corrected chi connectivity index (χ1v) is 15.0. The lowest BCUT2D eigenvalue weighted by Gasteiger charge is -2.15. The van der Waals surface area contributed by atoms with Crippen molar-refractivity contribution in [3.63, 3.8) is 0 Å². The zero-order valence-corrected chi connectivity index (χ0v) is 26.7. The summed E-state index contributed by atoms with van der Waals surface area (Å²) in [5.41, 5.74) is 1.69. The number of hydrogen-bond donors (Lipinski definition) is 4. The Morgan fingerprint density at radius 2 is 0.938 bits per heavy atom. The van der Waals surface area contributed by atoms with E-state index in [4.69, 9.17) is 23.2 Å². The molecule has 4 N–H and O–H groups in total. The van der Waals surface area contributed by atoms with E-state index in [-0.39, 0.29) is 25.7 Å². The molecule has 0 spiro atoms. The highest BCUT2D eigenvalue weighted by molar-refractivity contribution is 6.34. The van der Waals surface area contributed by atoms with Gasteiger partial charge in [-0.15, -0.1) is 0 Å². The SMILES string of the molecule is O=C(O)CN(/N=C/c1ccc(/C=N/N(CC(=O)O)C(=O)CCC(=O)Nc2ccccc2Cl)cc1)C(=O)CCC(=O)Nc1ccccc1Cl. The molecular weight excluding hydrogens is 667 g/mol. The van der Waals surface area contributed by atoms with Gasteiger partial charge in [0.1, 0.15) is 13.1 Å². The molecule has 0 heterocycles. The third kappa shape index (κ3) is 12.7. The van der Waals surface area contributed by atoms with Crippen molar-refractivity contribution in [1.82, 2.24) is 10.0 Å². The zero-order chi connectivity index (χ0) is 35.1. The molecule has 0 bridgehead atoms. The van der Waals surface area contributed by atoms with E-state index in [9.17, 15) is 39.0 Å². The number of para-hydroxylation sites is 2. The van der Waals surface area contributed by atoms with E-state index < -0.39 is 48.7 Å². The number of carboxylic acids is 2. The number of aliphatic carboxylic acids is 2. The molecule has 3 rings (SSSR count). The number of carboxylic acid groups (broad SMARTS) is 2. The molecule has 0 aliphatic heterocycles. The van der Waals surface area contributed by atoms with E-state index in [0.29, 0.717) is 32.5 Å². The number of benzene rings is 3. The highest BCUT2D eigenvalue weighted by Crippen LogP contribution is 2.21. The molecule has 4 amide bonds. The molecule has 0 saturated heterocycles. The van der Waals surface area contributed by atoms with Gasteiger partial charge in [-0.05, 0) is 35.4 Å². The van der Waals surface area contributed by atoms with E-state index >= 15 is 0 Å². The maximum atomic E-state index is 12.7. The second kappa shape index (κ2) is 18.5. The molecule has 3 aromatic carbocycles. The fraction of sp³-hybridized carbons (Fsp3) is 0.188. The van der Waals surface area contributed by atoms with Crippen LogP contribution in [0.3, 0.4) is 0 Å². The van der Waals surface area contributed by atoms with Crippen LogP contribution in [0.1, 0.15) is 36.8 Å². The average molecular weight is 698 g/mol. The molecule has 0 fully saturated rings. The Morgan fingerprint density at radius 3 is 1.27 bits per heavy atom. The van der Waals surface area contributed by atoms with Gasteiger partial charge in [-0.3, -0.25) is 28.8 Å². The summed E-state index contributed by atoms with van der Waals surface area (Å²) in [4.78, 5) is 72.5. The number of rotatable bonds is 16. The summed E-state index contributed by atoms with van der Waals surface area (Å²) in [6.45, 7) is -1.47. The lowest BCUT2D eigenvalue weighted by atomic mass is 10.2. The monoisotopic (exact) mass is 696 g/mol. The Labute approximate surface area is 284 Å². The van der Waals surface area contributed by atoms with Gasteiger partial charge in [0.05, 0.1) is 33.8 Å². The Balaban J connectivity index is 1.57. The summed E-state index contributed by atoms with van der Waals surface area (Å²) in [5.74, 6) is -5.00. The van der Waals surface area contributed by atoms with Gasteiger partial charge in [0.15, 0.2) is 0 Å². The van der Waals surface area contributed by atoms with Crippen LogP contribution < -0.4 is 10.6 Å². The van der Waals surface area contributed by atoms with E-state index in [1.54, 1.807) is 72.8 Å². The highest BCUT2D eigenvalue weighted by Gasteiger charge is 2.19. The number of halogens is 2. The molecule has 0 aromatic heterocycles. The summed E-state index contributed by atoms with van der Waals surface area (Å²) in [6.07, 6.45) is 1.41. The number of carbonyl (C=O) groups is 6. The predicted octanol–water partition coefficient (Wildman–Crippen LogP) is 4.33. The van der Waals surface area contributed by atoms with Crippen LogP contribution in [0.25, 0.3) is 0 Å². The van der Waals surface area contributed by atoms with Crippen molar-refractivity contribution >= 4 is 82.6 Å². The molecule has 0 unspecified atom stereocenters. The van der Waals surface area contributed by atoms with Crippen molar-refractivity contribution in [3.8, 4) is 0 Å². The summed E-state index contributed by atoms with van der Waals surface area (Å²) in [5, 5.41) is 33.7. The first kappa shape index (κ1) is 36.9. The van der Waals surface area contributed by atoms with Crippen LogP contribution in [-0.4, -0.2) is 81.3 Å².